The highest BCUT2D eigenvalue weighted by Crippen LogP contribution is 2.27. The Hall–Kier alpha value is 0.0900. The fraction of sp³-hybridized carbons (Fsp3) is 0.800. The van der Waals surface area contributed by atoms with E-state index in [1.165, 1.54) is 23.5 Å². The predicted molar refractivity (Wildman–Crippen MR) is 56.0 cm³/mol. The van der Waals surface area contributed by atoms with Crippen LogP contribution in [0, 0.1) is 5.41 Å². The average molecular weight is 172 g/mol. The summed E-state index contributed by atoms with van der Waals surface area (Å²) >= 11 is 1.91. The molecule has 0 spiro atoms. The molecule has 1 heteroatoms. The molecule has 0 fully saturated rings. The van der Waals surface area contributed by atoms with Crippen molar-refractivity contribution in [3.63, 3.8) is 0 Å². The van der Waals surface area contributed by atoms with Gasteiger partial charge < -0.3 is 0 Å². The van der Waals surface area contributed by atoms with E-state index in [4.69, 9.17) is 0 Å². The van der Waals surface area contributed by atoms with Crippen LogP contribution in [0.15, 0.2) is 11.5 Å². The van der Waals surface area contributed by atoms with Crippen LogP contribution >= 0.6 is 11.8 Å². The molecule has 11 heavy (non-hydrogen) atoms. The zero-order valence-electron chi connectivity index (χ0n) is 8.24. The second-order valence-electron chi connectivity index (χ2n) is 4.14. The predicted octanol–water partition coefficient (Wildman–Crippen LogP) is 4.08. The zero-order valence-corrected chi connectivity index (χ0v) is 9.05. The Morgan fingerprint density at radius 1 is 1.36 bits per heavy atom. The molecule has 0 saturated heterocycles. The van der Waals surface area contributed by atoms with Crippen LogP contribution in [0.25, 0.3) is 0 Å². The molecule has 0 bridgehead atoms. The molecular formula is C10H20S. The Morgan fingerprint density at radius 3 is 2.27 bits per heavy atom. The molecule has 0 nitrogen and oxygen atoms in total. The van der Waals surface area contributed by atoms with Crippen LogP contribution in [0.5, 0.6) is 0 Å². The molecule has 0 heterocycles. The first kappa shape index (κ1) is 11.1. The Kier molecular flexibility index (Phi) is 4.91. The van der Waals surface area contributed by atoms with Crippen molar-refractivity contribution >= 4 is 11.8 Å². The summed E-state index contributed by atoms with van der Waals surface area (Å²) in [5, 5.41) is 0. The maximum Gasteiger partial charge on any atom is 0.00253 e. The van der Waals surface area contributed by atoms with Gasteiger partial charge in [-0.1, -0.05) is 40.7 Å². The minimum absolute atomic E-state index is 0.432. The van der Waals surface area contributed by atoms with E-state index in [0.717, 1.165) is 0 Å². The molecule has 0 amide bonds. The van der Waals surface area contributed by atoms with E-state index in [1.807, 2.05) is 11.8 Å². The van der Waals surface area contributed by atoms with Gasteiger partial charge in [0.2, 0.25) is 0 Å². The molecule has 0 aromatic carbocycles. The van der Waals surface area contributed by atoms with Crippen molar-refractivity contribution in [1.29, 1.82) is 0 Å². The molecule has 0 atom stereocenters. The van der Waals surface area contributed by atoms with Crippen LogP contribution in [0.3, 0.4) is 0 Å². The van der Waals surface area contributed by atoms with Gasteiger partial charge in [-0.25, -0.2) is 0 Å². The van der Waals surface area contributed by atoms with Gasteiger partial charge in [-0.15, -0.1) is 11.8 Å². The quantitative estimate of drug-likeness (QED) is 0.615. The lowest BCUT2D eigenvalue weighted by Crippen LogP contribution is -2.08. The number of hydrogen-bond donors (Lipinski definition) is 0. The van der Waals surface area contributed by atoms with E-state index in [0.29, 0.717) is 5.41 Å². The summed E-state index contributed by atoms with van der Waals surface area (Å²) in [6.07, 6.45) is 2.39. The third kappa shape index (κ3) is 7.99. The third-order valence-corrected chi connectivity index (χ3v) is 2.86. The molecule has 0 radical (unpaired) electrons. The number of allylic oxidation sites excluding steroid dienone is 1. The topological polar surface area (TPSA) is 0 Å². The molecule has 0 N–H and O–H groups in total. The lowest BCUT2D eigenvalue weighted by molar-refractivity contribution is 0.481. The molecule has 0 rings (SSSR count). The molecule has 0 aliphatic heterocycles. The minimum atomic E-state index is 0.432. The summed E-state index contributed by atoms with van der Waals surface area (Å²) in [6.45, 7) is 13.0. The highest BCUT2D eigenvalue weighted by molar-refractivity contribution is 8.03. The monoisotopic (exact) mass is 172 g/mol. The smallest absolute Gasteiger partial charge is 0.00253 e. The summed E-state index contributed by atoms with van der Waals surface area (Å²) in [4.78, 5) is 1.34. The van der Waals surface area contributed by atoms with Crippen molar-refractivity contribution in [2.45, 2.75) is 40.5 Å². The van der Waals surface area contributed by atoms with Gasteiger partial charge in [-0.2, -0.15) is 0 Å². The van der Waals surface area contributed by atoms with E-state index in [2.05, 4.69) is 34.3 Å². The van der Waals surface area contributed by atoms with Crippen molar-refractivity contribution < 1.29 is 0 Å². The van der Waals surface area contributed by atoms with Gasteiger partial charge in [0.25, 0.3) is 0 Å². The summed E-state index contributed by atoms with van der Waals surface area (Å²) in [7, 11) is 0. The molecule has 0 aliphatic rings. The number of thioether (sulfide) groups is 1. The molecule has 0 aromatic heterocycles. The van der Waals surface area contributed by atoms with Gasteiger partial charge in [0.15, 0.2) is 0 Å². The average Bonchev–Trinajstić information content (AvgIpc) is 1.83. The minimum Gasteiger partial charge on any atom is -0.131 e. The van der Waals surface area contributed by atoms with Crippen LogP contribution < -0.4 is 0 Å². The second-order valence-corrected chi connectivity index (χ2v) is 5.29. The maximum absolute atomic E-state index is 4.01. The van der Waals surface area contributed by atoms with Gasteiger partial charge >= 0.3 is 0 Å². The van der Waals surface area contributed by atoms with Crippen molar-refractivity contribution in [2.75, 3.05) is 5.75 Å². The van der Waals surface area contributed by atoms with Crippen LogP contribution in [0.4, 0.5) is 0 Å². The zero-order chi connectivity index (χ0) is 8.91. The van der Waals surface area contributed by atoms with Gasteiger partial charge in [0.1, 0.15) is 0 Å². The van der Waals surface area contributed by atoms with Crippen molar-refractivity contribution in [2.24, 2.45) is 5.41 Å². The summed E-state index contributed by atoms with van der Waals surface area (Å²) < 4.78 is 0. The lowest BCUT2D eigenvalue weighted by atomic mass is 10.0. The highest BCUT2D eigenvalue weighted by atomic mass is 32.2. The molecule has 66 valence electrons. The lowest BCUT2D eigenvalue weighted by Gasteiger charge is -2.17. The molecule has 0 aromatic rings. The maximum atomic E-state index is 4.01. The first-order valence-electron chi connectivity index (χ1n) is 4.26. The molecular weight excluding hydrogens is 152 g/mol. The normalized spacial score (nSPS) is 11.6. The van der Waals surface area contributed by atoms with E-state index in [1.54, 1.807) is 0 Å². The number of hydrogen-bond acceptors (Lipinski definition) is 1. The molecule has 0 saturated carbocycles. The van der Waals surface area contributed by atoms with Crippen LogP contribution in [0.2, 0.25) is 0 Å². The SMILES string of the molecule is C=C(CCC)SCC(C)(C)C. The molecule has 0 aliphatic carbocycles. The van der Waals surface area contributed by atoms with E-state index < -0.39 is 0 Å². The van der Waals surface area contributed by atoms with Gasteiger partial charge in [0.05, 0.1) is 0 Å². The standard InChI is InChI=1S/C10H20S/c1-6-7-9(2)11-8-10(3,4)5/h2,6-8H2,1,3-5H3. The van der Waals surface area contributed by atoms with E-state index in [-0.39, 0.29) is 0 Å². The Morgan fingerprint density at radius 2 is 1.91 bits per heavy atom. The first-order valence-corrected chi connectivity index (χ1v) is 5.25. The first-order chi connectivity index (χ1) is 4.95. The van der Waals surface area contributed by atoms with Crippen LogP contribution in [0.1, 0.15) is 40.5 Å². The summed E-state index contributed by atoms with van der Waals surface area (Å²) in [6, 6.07) is 0. The van der Waals surface area contributed by atoms with Crippen molar-refractivity contribution in [3.8, 4) is 0 Å². The van der Waals surface area contributed by atoms with E-state index in [9.17, 15) is 0 Å². The Labute approximate surface area is 75.5 Å². The molecule has 0 unspecified atom stereocenters. The summed E-state index contributed by atoms with van der Waals surface area (Å²) in [5.41, 5.74) is 0.432. The van der Waals surface area contributed by atoms with Gasteiger partial charge in [-0.3, -0.25) is 0 Å². The largest absolute Gasteiger partial charge is 0.131 e. The van der Waals surface area contributed by atoms with Crippen molar-refractivity contribution in [3.05, 3.63) is 11.5 Å². The van der Waals surface area contributed by atoms with Crippen LogP contribution in [-0.2, 0) is 0 Å². The Bertz CT molecular complexity index is 119. The summed E-state index contributed by atoms with van der Waals surface area (Å²) in [5.74, 6) is 1.19. The van der Waals surface area contributed by atoms with Gasteiger partial charge in [0, 0.05) is 5.75 Å². The van der Waals surface area contributed by atoms with E-state index >= 15 is 0 Å². The van der Waals surface area contributed by atoms with Crippen molar-refractivity contribution in [1.82, 2.24) is 0 Å². The second kappa shape index (κ2) is 4.87. The fourth-order valence-electron chi connectivity index (χ4n) is 0.670. The Balaban J connectivity index is 3.46. The number of rotatable bonds is 4. The fourth-order valence-corrected chi connectivity index (χ4v) is 1.66. The van der Waals surface area contributed by atoms with Crippen LogP contribution in [-0.4, -0.2) is 5.75 Å². The van der Waals surface area contributed by atoms with Gasteiger partial charge in [-0.05, 0) is 16.7 Å². The third-order valence-electron chi connectivity index (χ3n) is 1.24. The highest BCUT2D eigenvalue weighted by Gasteiger charge is 2.10.